The molecule has 2 aromatic carbocycles. The lowest BCUT2D eigenvalue weighted by atomic mass is 10.1. The van der Waals surface area contributed by atoms with Gasteiger partial charge >= 0.3 is 12.1 Å². The van der Waals surface area contributed by atoms with Crippen LogP contribution in [0.1, 0.15) is 24.5 Å². The highest BCUT2D eigenvalue weighted by Gasteiger charge is 2.31. The SMILES string of the molecule is CCC1=NC(=Cc2cc(Oc3ccc(C(F)(F)F)cc3Cl)ccc2[N+](=O)[O-])C(=O)O1. The van der Waals surface area contributed by atoms with E-state index in [2.05, 4.69) is 4.99 Å². The first-order chi connectivity index (χ1) is 14.1. The molecule has 0 fully saturated rings. The Morgan fingerprint density at radius 1 is 1.27 bits per heavy atom. The highest BCUT2D eigenvalue weighted by molar-refractivity contribution is 6.32. The first-order valence-electron chi connectivity index (χ1n) is 8.43. The van der Waals surface area contributed by atoms with Crippen LogP contribution >= 0.6 is 11.6 Å². The van der Waals surface area contributed by atoms with Gasteiger partial charge in [-0.3, -0.25) is 10.1 Å². The first kappa shape index (κ1) is 21.3. The third kappa shape index (κ3) is 4.60. The average molecular weight is 441 g/mol. The molecule has 7 nitrogen and oxygen atoms in total. The molecule has 0 atom stereocenters. The molecule has 0 spiro atoms. The largest absolute Gasteiger partial charge is 0.456 e. The molecule has 0 unspecified atom stereocenters. The summed E-state index contributed by atoms with van der Waals surface area (Å²) < 4.78 is 48.7. The minimum absolute atomic E-state index is 0.00594. The van der Waals surface area contributed by atoms with Crippen LogP contribution in [0.2, 0.25) is 5.02 Å². The number of nitrogens with zero attached hydrogens (tertiary/aromatic N) is 2. The van der Waals surface area contributed by atoms with Crippen molar-refractivity contribution in [3.05, 3.63) is 68.4 Å². The number of cyclic esters (lactones) is 1. The van der Waals surface area contributed by atoms with Crippen LogP contribution in [0.25, 0.3) is 6.08 Å². The van der Waals surface area contributed by atoms with Crippen molar-refractivity contribution in [2.75, 3.05) is 0 Å². The second-order valence-electron chi connectivity index (χ2n) is 6.00. The molecule has 2 aromatic rings. The topological polar surface area (TPSA) is 91.0 Å². The van der Waals surface area contributed by atoms with Gasteiger partial charge in [-0.25, -0.2) is 9.79 Å². The van der Waals surface area contributed by atoms with Gasteiger partial charge in [-0.1, -0.05) is 18.5 Å². The number of benzene rings is 2. The molecule has 0 N–H and O–H groups in total. The molecule has 1 aliphatic rings. The summed E-state index contributed by atoms with van der Waals surface area (Å²) in [5, 5.41) is 11.0. The average Bonchev–Trinajstić information content (AvgIpc) is 3.02. The Morgan fingerprint density at radius 2 is 2.00 bits per heavy atom. The third-order valence-electron chi connectivity index (χ3n) is 3.94. The van der Waals surface area contributed by atoms with Crippen molar-refractivity contribution >= 4 is 35.2 Å². The number of nitro groups is 1. The molecular formula is C19H12ClF3N2O5. The van der Waals surface area contributed by atoms with Crippen molar-refractivity contribution in [3.63, 3.8) is 0 Å². The zero-order valence-corrected chi connectivity index (χ0v) is 16.0. The van der Waals surface area contributed by atoms with Crippen molar-refractivity contribution in [2.45, 2.75) is 19.5 Å². The predicted octanol–water partition coefficient (Wildman–Crippen LogP) is 5.77. The van der Waals surface area contributed by atoms with Crippen LogP contribution in [-0.4, -0.2) is 16.8 Å². The van der Waals surface area contributed by atoms with E-state index in [-0.39, 0.29) is 39.4 Å². The maximum Gasteiger partial charge on any atom is 0.416 e. The van der Waals surface area contributed by atoms with Gasteiger partial charge in [0.15, 0.2) is 11.6 Å². The molecule has 0 saturated carbocycles. The number of carbonyl (C=O) groups is 1. The molecule has 3 rings (SSSR count). The summed E-state index contributed by atoms with van der Waals surface area (Å²) in [5.41, 5.74) is -1.41. The molecule has 0 aromatic heterocycles. The number of nitro benzene ring substituents is 1. The number of hydrogen-bond donors (Lipinski definition) is 0. The molecular weight excluding hydrogens is 429 g/mol. The zero-order valence-electron chi connectivity index (χ0n) is 15.2. The highest BCUT2D eigenvalue weighted by atomic mass is 35.5. The summed E-state index contributed by atoms with van der Waals surface area (Å²) in [5.74, 6) is -0.597. The molecule has 0 amide bonds. The smallest absolute Gasteiger partial charge is 0.416 e. The molecule has 0 aliphatic carbocycles. The Morgan fingerprint density at radius 3 is 2.57 bits per heavy atom. The summed E-state index contributed by atoms with van der Waals surface area (Å²) >= 11 is 5.87. The van der Waals surface area contributed by atoms with Gasteiger partial charge in [0.25, 0.3) is 5.69 Å². The number of halogens is 4. The minimum atomic E-state index is -4.57. The molecule has 1 heterocycles. The van der Waals surface area contributed by atoms with Crippen LogP contribution in [0.5, 0.6) is 11.5 Å². The van der Waals surface area contributed by atoms with Crippen LogP contribution in [0.15, 0.2) is 47.1 Å². The molecule has 0 saturated heterocycles. The van der Waals surface area contributed by atoms with E-state index < -0.39 is 22.6 Å². The number of hydrogen-bond acceptors (Lipinski definition) is 6. The second kappa shape index (κ2) is 8.15. The first-order valence-corrected chi connectivity index (χ1v) is 8.80. The van der Waals surface area contributed by atoms with Gasteiger partial charge in [0.2, 0.25) is 0 Å². The lowest BCUT2D eigenvalue weighted by Crippen LogP contribution is -2.04. The quantitative estimate of drug-likeness (QED) is 0.255. The Hall–Kier alpha value is -3.40. The van der Waals surface area contributed by atoms with E-state index >= 15 is 0 Å². The lowest BCUT2D eigenvalue weighted by molar-refractivity contribution is -0.385. The highest BCUT2D eigenvalue weighted by Crippen LogP contribution is 2.37. The van der Waals surface area contributed by atoms with Crippen molar-refractivity contribution in [1.82, 2.24) is 0 Å². The number of alkyl halides is 3. The van der Waals surface area contributed by atoms with Gasteiger partial charge in [0.05, 0.1) is 21.1 Å². The van der Waals surface area contributed by atoms with E-state index in [4.69, 9.17) is 21.1 Å². The molecule has 0 bridgehead atoms. The fourth-order valence-electron chi connectivity index (χ4n) is 2.52. The van der Waals surface area contributed by atoms with Crippen LogP contribution in [0.4, 0.5) is 18.9 Å². The van der Waals surface area contributed by atoms with Gasteiger partial charge in [-0.2, -0.15) is 13.2 Å². The van der Waals surface area contributed by atoms with Crippen molar-refractivity contribution in [2.24, 2.45) is 4.99 Å². The van der Waals surface area contributed by atoms with Crippen LogP contribution in [0, 0.1) is 10.1 Å². The maximum absolute atomic E-state index is 12.8. The van der Waals surface area contributed by atoms with Gasteiger partial charge in [-0.15, -0.1) is 0 Å². The van der Waals surface area contributed by atoms with E-state index in [1.807, 2.05) is 0 Å². The van der Waals surface area contributed by atoms with Crippen molar-refractivity contribution < 1.29 is 32.4 Å². The number of carbonyl (C=O) groups excluding carboxylic acids is 1. The Labute approximate surface area is 172 Å². The lowest BCUT2D eigenvalue weighted by Gasteiger charge is -2.11. The zero-order chi connectivity index (χ0) is 22.1. The summed E-state index contributed by atoms with van der Waals surface area (Å²) in [6, 6.07) is 6.17. The molecule has 156 valence electrons. The van der Waals surface area contributed by atoms with Crippen LogP contribution < -0.4 is 4.74 Å². The molecule has 30 heavy (non-hydrogen) atoms. The van der Waals surface area contributed by atoms with Crippen LogP contribution in [0.3, 0.4) is 0 Å². The van der Waals surface area contributed by atoms with E-state index in [0.717, 1.165) is 18.2 Å². The normalized spacial score (nSPS) is 15.2. The summed E-state index contributed by atoms with van der Waals surface area (Å²) in [6.45, 7) is 1.72. The van der Waals surface area contributed by atoms with Gasteiger partial charge in [0.1, 0.15) is 11.5 Å². The van der Waals surface area contributed by atoms with Gasteiger partial charge < -0.3 is 9.47 Å². The van der Waals surface area contributed by atoms with Gasteiger partial charge in [-0.05, 0) is 36.4 Å². The summed E-state index contributed by atoms with van der Waals surface area (Å²) in [4.78, 5) is 26.5. The molecule has 0 radical (unpaired) electrons. The van der Waals surface area contributed by atoms with Crippen molar-refractivity contribution in [3.8, 4) is 11.5 Å². The van der Waals surface area contributed by atoms with Gasteiger partial charge in [0, 0.05) is 12.5 Å². The summed E-state index contributed by atoms with van der Waals surface area (Å²) in [7, 11) is 0. The molecule has 11 heteroatoms. The van der Waals surface area contributed by atoms with E-state index in [1.54, 1.807) is 6.92 Å². The summed E-state index contributed by atoms with van der Waals surface area (Å²) in [6.07, 6.45) is -3.03. The standard InChI is InChI=1S/C19H12ClF3N2O5/c1-2-17-24-14(18(26)30-17)8-10-7-12(4-5-15(10)25(27)28)29-16-6-3-11(9-13(16)20)19(21,22)23/h3-9H,2H2,1H3. The second-order valence-corrected chi connectivity index (χ2v) is 6.41. The predicted molar refractivity (Wildman–Crippen MR) is 101 cm³/mol. The van der Waals surface area contributed by atoms with E-state index in [9.17, 15) is 28.1 Å². The van der Waals surface area contributed by atoms with Crippen LogP contribution in [-0.2, 0) is 15.7 Å². The third-order valence-corrected chi connectivity index (χ3v) is 4.24. The Bertz CT molecular complexity index is 1100. The van der Waals surface area contributed by atoms with E-state index in [0.29, 0.717) is 12.5 Å². The monoisotopic (exact) mass is 440 g/mol. The molecule has 1 aliphatic heterocycles. The maximum atomic E-state index is 12.8. The number of ether oxygens (including phenoxy) is 2. The minimum Gasteiger partial charge on any atom is -0.456 e. The fourth-order valence-corrected chi connectivity index (χ4v) is 2.74. The number of esters is 1. The number of rotatable bonds is 5. The number of aliphatic imine (C=N–C) groups is 1. The Kier molecular flexibility index (Phi) is 5.79. The fraction of sp³-hybridized carbons (Fsp3) is 0.158. The Balaban J connectivity index is 1.97. The van der Waals surface area contributed by atoms with Crippen molar-refractivity contribution in [1.29, 1.82) is 0 Å². The van der Waals surface area contributed by atoms with E-state index in [1.165, 1.54) is 18.2 Å².